The lowest BCUT2D eigenvalue weighted by Crippen LogP contribution is -2.47. The van der Waals surface area contributed by atoms with Crippen molar-refractivity contribution < 1.29 is 4.79 Å². The van der Waals surface area contributed by atoms with Crippen molar-refractivity contribution in [3.05, 3.63) is 34.9 Å². The molecule has 1 saturated carbocycles. The highest BCUT2D eigenvalue weighted by molar-refractivity contribution is 6.31. The Kier molecular flexibility index (Phi) is 6.54. The molecule has 30 heavy (non-hydrogen) atoms. The minimum atomic E-state index is -0.288. The number of amides is 1. The Morgan fingerprint density at radius 3 is 2.50 bits per heavy atom. The second-order valence-corrected chi connectivity index (χ2v) is 8.98. The molecule has 2 fully saturated rings. The first-order valence-corrected chi connectivity index (χ1v) is 11.4. The van der Waals surface area contributed by atoms with Gasteiger partial charge in [-0.1, -0.05) is 36.9 Å². The average molecular weight is 428 g/mol. The maximum Gasteiger partial charge on any atom is 0.260 e. The Morgan fingerprint density at radius 2 is 1.80 bits per heavy atom. The number of pyridine rings is 1. The highest BCUT2D eigenvalue weighted by atomic mass is 35.5. The molecular formula is C23H30ClN5O. The maximum atomic E-state index is 12.8. The number of hydrogen-bond donors (Lipinski definition) is 3. The van der Waals surface area contributed by atoms with Gasteiger partial charge in [-0.3, -0.25) is 10.2 Å². The smallest absolute Gasteiger partial charge is 0.260 e. The van der Waals surface area contributed by atoms with Crippen LogP contribution in [0.15, 0.2) is 24.3 Å². The topological polar surface area (TPSA) is 81.1 Å². The summed E-state index contributed by atoms with van der Waals surface area (Å²) in [5.74, 6) is 0.515. The van der Waals surface area contributed by atoms with Crippen LogP contribution in [0.25, 0.3) is 10.9 Å². The first-order chi connectivity index (χ1) is 14.5. The second kappa shape index (κ2) is 9.31. The molecule has 1 aliphatic carbocycles. The zero-order valence-electron chi connectivity index (χ0n) is 17.5. The minimum Gasteiger partial charge on any atom is -0.356 e. The summed E-state index contributed by atoms with van der Waals surface area (Å²) >= 11 is 6.17. The average Bonchev–Trinajstić information content (AvgIpc) is 2.73. The number of nitrogens with zero attached hydrogens (tertiary/aromatic N) is 2. The minimum absolute atomic E-state index is 0.123. The van der Waals surface area contributed by atoms with Gasteiger partial charge in [0.15, 0.2) is 0 Å². The van der Waals surface area contributed by atoms with E-state index in [0.29, 0.717) is 28.5 Å². The third-order valence-corrected chi connectivity index (χ3v) is 6.41. The molecule has 4 rings (SSSR count). The molecule has 0 radical (unpaired) electrons. The van der Waals surface area contributed by atoms with Gasteiger partial charge in [-0.05, 0) is 50.8 Å². The molecule has 2 heterocycles. The summed E-state index contributed by atoms with van der Waals surface area (Å²) in [6, 6.07) is 8.56. The predicted molar refractivity (Wildman–Crippen MR) is 123 cm³/mol. The van der Waals surface area contributed by atoms with Gasteiger partial charge in [-0.2, -0.15) is 0 Å². The Bertz CT molecular complexity index is 933. The van der Waals surface area contributed by atoms with Crippen molar-refractivity contribution >= 4 is 40.1 Å². The van der Waals surface area contributed by atoms with Crippen LogP contribution >= 0.6 is 11.6 Å². The first-order valence-electron chi connectivity index (χ1n) is 11.0. The Balaban J connectivity index is 1.54. The van der Waals surface area contributed by atoms with Crippen LogP contribution in [-0.4, -0.2) is 41.9 Å². The van der Waals surface area contributed by atoms with Gasteiger partial charge in [0, 0.05) is 35.6 Å². The molecule has 3 N–H and O–H groups in total. The van der Waals surface area contributed by atoms with Gasteiger partial charge in [-0.15, -0.1) is 0 Å². The number of hydrogen-bond acceptors (Lipinski definition) is 5. The van der Waals surface area contributed by atoms with Gasteiger partial charge < -0.3 is 15.5 Å². The molecule has 160 valence electrons. The highest BCUT2D eigenvalue weighted by Gasteiger charge is 2.26. The van der Waals surface area contributed by atoms with Crippen molar-refractivity contribution in [2.24, 2.45) is 0 Å². The van der Waals surface area contributed by atoms with E-state index in [2.05, 4.69) is 15.5 Å². The number of aromatic nitrogens is 1. The summed E-state index contributed by atoms with van der Waals surface area (Å²) in [6.07, 6.45) is 8.71. The normalized spacial score (nSPS) is 18.5. The number of nitrogens with one attached hydrogen (secondary N) is 3. The number of benzene rings is 1. The summed E-state index contributed by atoms with van der Waals surface area (Å²) in [5.41, 5.74) is 1.29. The number of piperidine rings is 1. The van der Waals surface area contributed by atoms with Gasteiger partial charge in [0.25, 0.3) is 5.91 Å². The van der Waals surface area contributed by atoms with Crippen LogP contribution in [-0.2, 0) is 0 Å². The van der Waals surface area contributed by atoms with E-state index >= 15 is 0 Å². The zero-order valence-corrected chi connectivity index (χ0v) is 18.3. The maximum absolute atomic E-state index is 12.8. The fraction of sp³-hybridized carbons (Fsp3) is 0.522. The largest absolute Gasteiger partial charge is 0.356 e. The number of rotatable bonds is 4. The monoisotopic (exact) mass is 427 g/mol. The van der Waals surface area contributed by atoms with Crippen LogP contribution in [0.2, 0.25) is 5.02 Å². The van der Waals surface area contributed by atoms with E-state index in [0.717, 1.165) is 36.8 Å². The molecule has 2 aromatic rings. The van der Waals surface area contributed by atoms with Crippen LogP contribution < -0.4 is 15.5 Å². The van der Waals surface area contributed by atoms with Gasteiger partial charge in [0.1, 0.15) is 5.82 Å². The van der Waals surface area contributed by atoms with E-state index in [9.17, 15) is 4.79 Å². The fourth-order valence-electron chi connectivity index (χ4n) is 4.64. The Hall–Kier alpha value is -2.18. The number of anilines is 1. The summed E-state index contributed by atoms with van der Waals surface area (Å²) < 4.78 is 0. The third-order valence-electron chi connectivity index (χ3n) is 6.18. The van der Waals surface area contributed by atoms with E-state index in [-0.39, 0.29) is 11.7 Å². The predicted octanol–water partition coefficient (Wildman–Crippen LogP) is 4.51. The third kappa shape index (κ3) is 4.93. The standard InChI is InChI=1S/C23H30ClN5O/c1-15(25)26-23(30)20-13-16-7-8-17(24)14-21(16)28-22(20)29-11-9-19(10-12-29)27-18-5-3-2-4-6-18/h7-8,13-14,18-19,27H,2-6,9-12H2,1H3,(H2,25,26,30). The van der Waals surface area contributed by atoms with E-state index in [1.807, 2.05) is 18.2 Å². The van der Waals surface area contributed by atoms with E-state index in [4.69, 9.17) is 22.0 Å². The molecule has 0 unspecified atom stereocenters. The number of carbonyl (C=O) groups is 1. The molecule has 0 spiro atoms. The van der Waals surface area contributed by atoms with Gasteiger partial charge >= 0.3 is 0 Å². The van der Waals surface area contributed by atoms with Gasteiger partial charge in [0.05, 0.1) is 16.9 Å². The summed E-state index contributed by atoms with van der Waals surface area (Å²) in [7, 11) is 0. The number of fused-ring (bicyclic) bond motifs is 1. The van der Waals surface area contributed by atoms with Gasteiger partial charge in [-0.25, -0.2) is 4.98 Å². The molecule has 7 heteroatoms. The van der Waals surface area contributed by atoms with Crippen LogP contribution in [0.3, 0.4) is 0 Å². The van der Waals surface area contributed by atoms with Crippen LogP contribution in [0.1, 0.15) is 62.2 Å². The highest BCUT2D eigenvalue weighted by Crippen LogP contribution is 2.28. The van der Waals surface area contributed by atoms with Crippen LogP contribution in [0, 0.1) is 5.41 Å². The lowest BCUT2D eigenvalue weighted by Gasteiger charge is -2.36. The molecule has 2 aliphatic rings. The van der Waals surface area contributed by atoms with E-state index < -0.39 is 0 Å². The quantitative estimate of drug-likeness (QED) is 0.495. The molecule has 1 saturated heterocycles. The molecule has 0 atom stereocenters. The summed E-state index contributed by atoms with van der Waals surface area (Å²) in [4.78, 5) is 19.8. The summed E-state index contributed by atoms with van der Waals surface area (Å²) in [6.45, 7) is 3.27. The second-order valence-electron chi connectivity index (χ2n) is 8.54. The van der Waals surface area contributed by atoms with E-state index in [1.165, 1.54) is 32.1 Å². The molecule has 6 nitrogen and oxygen atoms in total. The van der Waals surface area contributed by atoms with Crippen molar-refractivity contribution in [1.29, 1.82) is 5.41 Å². The van der Waals surface area contributed by atoms with Crippen molar-refractivity contribution in [3.63, 3.8) is 0 Å². The van der Waals surface area contributed by atoms with Crippen molar-refractivity contribution in [1.82, 2.24) is 15.6 Å². The van der Waals surface area contributed by atoms with Crippen molar-refractivity contribution in [2.45, 2.75) is 64.0 Å². The molecular weight excluding hydrogens is 398 g/mol. The molecule has 1 amide bonds. The van der Waals surface area contributed by atoms with Crippen LogP contribution in [0.5, 0.6) is 0 Å². The zero-order chi connectivity index (χ0) is 21.1. The number of halogens is 1. The lowest BCUT2D eigenvalue weighted by atomic mass is 9.93. The van der Waals surface area contributed by atoms with Gasteiger partial charge in [0.2, 0.25) is 0 Å². The van der Waals surface area contributed by atoms with Crippen LogP contribution in [0.4, 0.5) is 5.82 Å². The van der Waals surface area contributed by atoms with Crippen molar-refractivity contribution in [2.75, 3.05) is 18.0 Å². The molecule has 1 aromatic heterocycles. The molecule has 1 aromatic carbocycles. The fourth-order valence-corrected chi connectivity index (χ4v) is 4.80. The number of carbonyl (C=O) groups excluding carboxylic acids is 1. The first kappa shape index (κ1) is 21.1. The lowest BCUT2D eigenvalue weighted by molar-refractivity contribution is 0.0977. The molecule has 0 bridgehead atoms. The summed E-state index contributed by atoms with van der Waals surface area (Å²) in [5, 5.41) is 15.6. The number of amidine groups is 1. The SMILES string of the molecule is CC(=N)NC(=O)c1cc2ccc(Cl)cc2nc1N1CCC(NC2CCCCC2)CC1. The van der Waals surface area contributed by atoms with Crippen molar-refractivity contribution in [3.8, 4) is 0 Å². The van der Waals surface area contributed by atoms with E-state index in [1.54, 1.807) is 13.0 Å². The Labute approximate surface area is 182 Å². The Morgan fingerprint density at radius 1 is 1.10 bits per heavy atom. The molecule has 1 aliphatic heterocycles.